The largest absolute Gasteiger partial charge is 0.245 e. The minimum Gasteiger partial charge on any atom is -0.207 e. The van der Waals surface area contributed by atoms with Crippen molar-refractivity contribution in [3.05, 3.63) is 36.4 Å². The van der Waals surface area contributed by atoms with Crippen LogP contribution in [0.15, 0.2) is 46.2 Å². The SMILES string of the molecule is C[C@H]1CN(S(=O)(=O)c2cccc3nsnc23)CCN1S(=O)(=O)c1cccc2nsnc12. The number of benzene rings is 2. The van der Waals surface area contributed by atoms with Gasteiger partial charge in [-0.25, -0.2) is 16.8 Å². The van der Waals surface area contributed by atoms with Gasteiger partial charge >= 0.3 is 0 Å². The Hall–Kier alpha value is -2.10. The van der Waals surface area contributed by atoms with Gasteiger partial charge in [-0.05, 0) is 31.2 Å². The minimum atomic E-state index is -3.87. The number of fused-ring (bicyclic) bond motifs is 2. The summed E-state index contributed by atoms with van der Waals surface area (Å²) in [6.07, 6.45) is 0. The predicted molar refractivity (Wildman–Crippen MR) is 117 cm³/mol. The zero-order valence-corrected chi connectivity index (χ0v) is 19.4. The molecular weight excluding hydrogens is 480 g/mol. The Labute approximate surface area is 186 Å². The van der Waals surface area contributed by atoms with E-state index < -0.39 is 26.1 Å². The molecule has 0 bridgehead atoms. The van der Waals surface area contributed by atoms with E-state index in [0.717, 1.165) is 23.5 Å². The van der Waals surface area contributed by atoms with E-state index >= 15 is 0 Å². The normalized spacial score (nSPS) is 19.3. The average Bonchev–Trinajstić information content (AvgIpc) is 3.42. The number of aromatic nitrogens is 4. The third kappa shape index (κ3) is 3.34. The molecule has 1 aliphatic rings. The second-order valence-electron chi connectivity index (χ2n) is 7.10. The van der Waals surface area contributed by atoms with Gasteiger partial charge in [0.25, 0.3) is 0 Å². The molecule has 2 aromatic carbocycles. The third-order valence-corrected chi connectivity index (χ3v) is 10.3. The standard InChI is InChI=1S/C17H16N6O4S4/c1-11-10-22(30(24,25)14-6-2-4-12-16(14)20-28-18-12)8-9-23(11)31(26,27)15-7-3-5-13-17(15)21-29-19-13/h2-7,11H,8-10H2,1H3/t11-/m0/s1. The number of hydrogen-bond donors (Lipinski definition) is 0. The monoisotopic (exact) mass is 496 g/mol. The van der Waals surface area contributed by atoms with Crippen LogP contribution in [0.1, 0.15) is 6.92 Å². The smallest absolute Gasteiger partial charge is 0.207 e. The summed E-state index contributed by atoms with van der Waals surface area (Å²) < 4.78 is 72.4. The topological polar surface area (TPSA) is 126 Å². The highest BCUT2D eigenvalue weighted by Gasteiger charge is 2.39. The zero-order valence-electron chi connectivity index (χ0n) is 16.1. The highest BCUT2D eigenvalue weighted by Crippen LogP contribution is 2.30. The van der Waals surface area contributed by atoms with Crippen LogP contribution in [0.4, 0.5) is 0 Å². The highest BCUT2D eigenvalue weighted by molar-refractivity contribution is 7.90. The van der Waals surface area contributed by atoms with E-state index in [1.807, 2.05) is 0 Å². The van der Waals surface area contributed by atoms with Gasteiger partial charge in [0, 0.05) is 25.7 Å². The van der Waals surface area contributed by atoms with Gasteiger partial charge in [-0.3, -0.25) is 0 Å². The van der Waals surface area contributed by atoms with Crippen LogP contribution in [0.5, 0.6) is 0 Å². The first-order chi connectivity index (χ1) is 14.8. The fraction of sp³-hybridized carbons (Fsp3) is 0.294. The molecule has 1 saturated heterocycles. The van der Waals surface area contributed by atoms with Crippen molar-refractivity contribution in [1.29, 1.82) is 0 Å². The zero-order chi connectivity index (χ0) is 21.8. The van der Waals surface area contributed by atoms with E-state index in [1.54, 1.807) is 31.2 Å². The molecule has 14 heteroatoms. The first-order valence-electron chi connectivity index (χ1n) is 9.25. The Morgan fingerprint density at radius 1 is 0.806 bits per heavy atom. The van der Waals surface area contributed by atoms with E-state index in [4.69, 9.17) is 0 Å². The van der Waals surface area contributed by atoms with Gasteiger partial charge in [-0.1, -0.05) is 12.1 Å². The van der Waals surface area contributed by atoms with Crippen LogP contribution in [0.25, 0.3) is 22.1 Å². The Kier molecular flexibility index (Phi) is 5.02. The van der Waals surface area contributed by atoms with Crippen LogP contribution < -0.4 is 0 Å². The van der Waals surface area contributed by atoms with Crippen LogP contribution in [-0.2, 0) is 20.0 Å². The maximum Gasteiger partial charge on any atom is 0.245 e. The van der Waals surface area contributed by atoms with Crippen molar-refractivity contribution < 1.29 is 16.8 Å². The van der Waals surface area contributed by atoms with Gasteiger partial charge in [-0.15, -0.1) is 0 Å². The van der Waals surface area contributed by atoms with Crippen molar-refractivity contribution in [2.75, 3.05) is 19.6 Å². The Morgan fingerprint density at radius 2 is 1.35 bits per heavy atom. The first-order valence-corrected chi connectivity index (χ1v) is 13.6. The van der Waals surface area contributed by atoms with Crippen LogP contribution in [-0.4, -0.2) is 68.6 Å². The molecule has 0 unspecified atom stereocenters. The van der Waals surface area contributed by atoms with E-state index in [1.165, 1.54) is 20.7 Å². The molecule has 1 fully saturated rings. The molecule has 31 heavy (non-hydrogen) atoms. The van der Waals surface area contributed by atoms with Crippen molar-refractivity contribution in [3.8, 4) is 0 Å². The second kappa shape index (κ2) is 7.50. The number of rotatable bonds is 4. The van der Waals surface area contributed by atoms with Crippen LogP contribution in [0.3, 0.4) is 0 Å². The number of hydrogen-bond acceptors (Lipinski definition) is 10. The summed E-state index contributed by atoms with van der Waals surface area (Å²) in [5.74, 6) is 0. The van der Waals surface area contributed by atoms with E-state index in [2.05, 4.69) is 17.5 Å². The van der Waals surface area contributed by atoms with Gasteiger partial charge < -0.3 is 0 Å². The first kappa shape index (κ1) is 20.8. The minimum absolute atomic E-state index is 0.0286. The second-order valence-corrected chi connectivity index (χ2v) is 11.9. The highest BCUT2D eigenvalue weighted by atomic mass is 32.2. The molecule has 0 radical (unpaired) electrons. The Balaban J connectivity index is 1.45. The molecule has 5 rings (SSSR count). The maximum absolute atomic E-state index is 13.4. The lowest BCUT2D eigenvalue weighted by Gasteiger charge is -2.38. The molecule has 1 aliphatic heterocycles. The lowest BCUT2D eigenvalue weighted by Crippen LogP contribution is -2.55. The van der Waals surface area contributed by atoms with Gasteiger partial charge in [0.1, 0.15) is 31.9 Å². The van der Waals surface area contributed by atoms with Crippen molar-refractivity contribution in [3.63, 3.8) is 0 Å². The van der Waals surface area contributed by atoms with Crippen molar-refractivity contribution in [2.24, 2.45) is 0 Å². The summed E-state index contributed by atoms with van der Waals surface area (Å²) >= 11 is 1.91. The molecule has 0 amide bonds. The molecule has 10 nitrogen and oxygen atoms in total. The molecule has 0 aliphatic carbocycles. The van der Waals surface area contributed by atoms with Crippen molar-refractivity contribution >= 4 is 65.6 Å². The molecule has 3 heterocycles. The van der Waals surface area contributed by atoms with Gasteiger partial charge in [0.2, 0.25) is 20.0 Å². The summed E-state index contributed by atoms with van der Waals surface area (Å²) in [5, 5.41) is 0. The molecule has 162 valence electrons. The maximum atomic E-state index is 13.4. The number of nitrogens with zero attached hydrogens (tertiary/aromatic N) is 6. The Morgan fingerprint density at radius 3 is 1.90 bits per heavy atom. The molecule has 0 spiro atoms. The molecule has 4 aromatic rings. The summed E-state index contributed by atoms with van der Waals surface area (Å²) in [4.78, 5) is 0.167. The summed E-state index contributed by atoms with van der Waals surface area (Å²) in [6, 6.07) is 9.11. The molecule has 1 atom stereocenters. The molecule has 2 aromatic heterocycles. The van der Waals surface area contributed by atoms with Crippen LogP contribution in [0, 0.1) is 0 Å². The van der Waals surface area contributed by atoms with Gasteiger partial charge in [0.05, 0.1) is 23.5 Å². The van der Waals surface area contributed by atoms with E-state index in [0.29, 0.717) is 22.1 Å². The fourth-order valence-electron chi connectivity index (χ4n) is 3.73. The number of piperazine rings is 1. The summed E-state index contributed by atoms with van der Waals surface area (Å²) in [7, 11) is -7.73. The fourth-order valence-corrected chi connectivity index (χ4v) is 8.36. The molecule has 0 N–H and O–H groups in total. The summed E-state index contributed by atoms with van der Waals surface area (Å²) in [5.41, 5.74) is 1.70. The van der Waals surface area contributed by atoms with E-state index in [-0.39, 0.29) is 29.4 Å². The lowest BCUT2D eigenvalue weighted by molar-refractivity contribution is 0.213. The number of sulfonamides is 2. The molecule has 0 saturated carbocycles. The quantitative estimate of drug-likeness (QED) is 0.418. The summed E-state index contributed by atoms with van der Waals surface area (Å²) in [6.45, 7) is 1.79. The lowest BCUT2D eigenvalue weighted by atomic mass is 10.3. The van der Waals surface area contributed by atoms with Crippen molar-refractivity contribution in [1.82, 2.24) is 26.1 Å². The Bertz CT molecular complexity index is 1500. The van der Waals surface area contributed by atoms with Crippen LogP contribution in [0.2, 0.25) is 0 Å². The van der Waals surface area contributed by atoms with Gasteiger partial charge in [0.15, 0.2) is 0 Å². The van der Waals surface area contributed by atoms with E-state index in [9.17, 15) is 16.8 Å². The average molecular weight is 497 g/mol. The molecular formula is C17H16N6O4S4. The van der Waals surface area contributed by atoms with Crippen molar-refractivity contribution in [2.45, 2.75) is 22.8 Å². The third-order valence-electron chi connectivity index (χ3n) is 5.23. The van der Waals surface area contributed by atoms with Crippen LogP contribution >= 0.6 is 23.5 Å². The predicted octanol–water partition coefficient (Wildman–Crippen LogP) is 1.78. The van der Waals surface area contributed by atoms with Gasteiger partial charge in [-0.2, -0.15) is 26.1 Å².